The molecule has 33 heavy (non-hydrogen) atoms. The van der Waals surface area contributed by atoms with Gasteiger partial charge >= 0.3 is 0 Å². The van der Waals surface area contributed by atoms with Gasteiger partial charge in [0.15, 0.2) is 0 Å². The molecule has 1 N–H and O–H groups in total. The number of halogens is 1. The van der Waals surface area contributed by atoms with E-state index in [0.29, 0.717) is 18.7 Å². The number of likely N-dealkylation sites (tertiary alicyclic amines) is 1. The molecule has 0 bridgehead atoms. The predicted molar refractivity (Wildman–Crippen MR) is 128 cm³/mol. The highest BCUT2D eigenvalue weighted by Gasteiger charge is 2.46. The number of benzene rings is 2. The Kier molecular flexibility index (Phi) is 7.38. The SMILES string of the molecule is CCN(CC)CCN1C(=O)C(=O)/C(=C(/O)c2ccc(F)cc2)[C@H]1c1ccc(C(C)(C)C)cc1. The van der Waals surface area contributed by atoms with E-state index in [9.17, 15) is 19.1 Å². The molecule has 5 nitrogen and oxygen atoms in total. The molecule has 1 aliphatic rings. The zero-order chi connectivity index (χ0) is 24.3. The summed E-state index contributed by atoms with van der Waals surface area (Å²) in [5.41, 5.74) is 2.18. The lowest BCUT2D eigenvalue weighted by atomic mass is 9.85. The van der Waals surface area contributed by atoms with Gasteiger partial charge in [-0.1, -0.05) is 58.9 Å². The van der Waals surface area contributed by atoms with Gasteiger partial charge in [-0.05, 0) is 53.9 Å². The third-order valence-corrected chi connectivity index (χ3v) is 6.30. The van der Waals surface area contributed by atoms with Crippen molar-refractivity contribution in [3.05, 3.63) is 76.6 Å². The van der Waals surface area contributed by atoms with Gasteiger partial charge in [0, 0.05) is 18.7 Å². The summed E-state index contributed by atoms with van der Waals surface area (Å²) in [6, 6.07) is 12.4. The van der Waals surface area contributed by atoms with Gasteiger partial charge in [0.2, 0.25) is 0 Å². The quantitative estimate of drug-likeness (QED) is 0.369. The van der Waals surface area contributed by atoms with Crippen molar-refractivity contribution < 1.29 is 19.1 Å². The summed E-state index contributed by atoms with van der Waals surface area (Å²) in [4.78, 5) is 29.9. The third-order valence-electron chi connectivity index (χ3n) is 6.30. The Balaban J connectivity index is 2.10. The molecule has 1 amide bonds. The zero-order valence-electron chi connectivity index (χ0n) is 20.1. The molecule has 0 spiro atoms. The van der Waals surface area contributed by atoms with E-state index < -0.39 is 23.5 Å². The number of hydrogen-bond donors (Lipinski definition) is 1. The molecule has 1 atom stereocenters. The van der Waals surface area contributed by atoms with E-state index in [4.69, 9.17) is 0 Å². The fourth-order valence-corrected chi connectivity index (χ4v) is 4.17. The summed E-state index contributed by atoms with van der Waals surface area (Å²) in [6.45, 7) is 13.1. The number of carbonyl (C=O) groups excluding carboxylic acids is 2. The average molecular weight is 453 g/mol. The van der Waals surface area contributed by atoms with Gasteiger partial charge in [0.05, 0.1) is 11.6 Å². The van der Waals surface area contributed by atoms with E-state index in [1.807, 2.05) is 24.3 Å². The standard InChI is InChI=1S/C27H33FN2O3/c1-6-29(7-2)16-17-30-23(18-8-12-20(13-9-18)27(3,4)5)22(25(32)26(30)33)24(31)19-10-14-21(28)15-11-19/h8-15,23,31H,6-7,16-17H2,1-5H3/b24-22+/t23-/m1/s1. The third kappa shape index (κ3) is 5.17. The molecule has 0 unspecified atom stereocenters. The van der Waals surface area contributed by atoms with E-state index in [1.54, 1.807) is 4.90 Å². The molecule has 176 valence electrons. The molecule has 0 aliphatic carbocycles. The number of rotatable bonds is 7. The first-order valence-electron chi connectivity index (χ1n) is 11.5. The molecule has 3 rings (SSSR count). The minimum absolute atomic E-state index is 0.0367. The summed E-state index contributed by atoms with van der Waals surface area (Å²) < 4.78 is 13.4. The van der Waals surface area contributed by atoms with Gasteiger partial charge in [0.1, 0.15) is 11.6 Å². The normalized spacial score (nSPS) is 18.4. The topological polar surface area (TPSA) is 60.9 Å². The lowest BCUT2D eigenvalue weighted by Crippen LogP contribution is -2.38. The molecule has 1 fully saturated rings. The molecule has 0 saturated carbocycles. The Labute approximate surface area is 195 Å². The van der Waals surface area contributed by atoms with Crippen LogP contribution < -0.4 is 0 Å². The van der Waals surface area contributed by atoms with Crippen LogP contribution in [0.1, 0.15) is 57.4 Å². The number of nitrogens with zero attached hydrogens (tertiary/aromatic N) is 2. The predicted octanol–water partition coefficient (Wildman–Crippen LogP) is 4.89. The molecule has 0 radical (unpaired) electrons. The van der Waals surface area contributed by atoms with Crippen molar-refractivity contribution in [1.29, 1.82) is 0 Å². The number of likely N-dealkylation sites (N-methyl/N-ethyl adjacent to an activating group) is 1. The van der Waals surface area contributed by atoms with Crippen LogP contribution in [-0.4, -0.2) is 52.8 Å². The molecule has 1 heterocycles. The second-order valence-electron chi connectivity index (χ2n) is 9.40. The van der Waals surface area contributed by atoms with E-state index in [2.05, 4.69) is 39.5 Å². The molecule has 2 aromatic carbocycles. The van der Waals surface area contributed by atoms with Crippen molar-refractivity contribution in [1.82, 2.24) is 9.80 Å². The molecular formula is C27H33FN2O3. The van der Waals surface area contributed by atoms with Crippen molar-refractivity contribution >= 4 is 17.4 Å². The van der Waals surface area contributed by atoms with E-state index in [0.717, 1.165) is 24.2 Å². The van der Waals surface area contributed by atoms with Crippen LogP contribution in [-0.2, 0) is 15.0 Å². The van der Waals surface area contributed by atoms with Crippen LogP contribution in [0.4, 0.5) is 4.39 Å². The molecule has 1 saturated heterocycles. The van der Waals surface area contributed by atoms with Crippen molar-refractivity contribution in [2.45, 2.75) is 46.1 Å². The summed E-state index contributed by atoms with van der Waals surface area (Å²) in [7, 11) is 0. The number of hydrogen-bond acceptors (Lipinski definition) is 4. The first-order valence-corrected chi connectivity index (χ1v) is 11.5. The van der Waals surface area contributed by atoms with Crippen molar-refractivity contribution in [3.63, 3.8) is 0 Å². The number of amides is 1. The van der Waals surface area contributed by atoms with Gasteiger partial charge in [-0.15, -0.1) is 0 Å². The lowest BCUT2D eigenvalue weighted by molar-refractivity contribution is -0.140. The maximum absolute atomic E-state index is 13.4. The second-order valence-corrected chi connectivity index (χ2v) is 9.40. The summed E-state index contributed by atoms with van der Waals surface area (Å²) in [5, 5.41) is 11.0. The van der Waals surface area contributed by atoms with Crippen LogP contribution in [0.3, 0.4) is 0 Å². The van der Waals surface area contributed by atoms with E-state index in [-0.39, 0.29) is 16.7 Å². The first-order chi connectivity index (χ1) is 15.6. The van der Waals surface area contributed by atoms with Gasteiger partial charge in [-0.3, -0.25) is 9.59 Å². The number of aliphatic hydroxyl groups excluding tert-OH is 1. The van der Waals surface area contributed by atoms with Gasteiger partial charge < -0.3 is 14.9 Å². The van der Waals surface area contributed by atoms with Crippen molar-refractivity contribution in [3.8, 4) is 0 Å². The summed E-state index contributed by atoms with van der Waals surface area (Å²) in [5.74, 6) is -2.08. The highest BCUT2D eigenvalue weighted by atomic mass is 19.1. The van der Waals surface area contributed by atoms with Crippen LogP contribution in [0.15, 0.2) is 54.1 Å². The fraction of sp³-hybridized carbons (Fsp3) is 0.407. The summed E-state index contributed by atoms with van der Waals surface area (Å²) >= 11 is 0. The Morgan fingerprint density at radius 3 is 2.09 bits per heavy atom. The fourth-order valence-electron chi connectivity index (χ4n) is 4.17. The number of ketones is 1. The maximum atomic E-state index is 13.4. The van der Waals surface area contributed by atoms with Gasteiger partial charge in [0.25, 0.3) is 11.7 Å². The Morgan fingerprint density at radius 1 is 1.00 bits per heavy atom. The second kappa shape index (κ2) is 9.87. The number of Topliss-reactive ketones (excluding diaryl/α,β-unsaturated/α-hetero) is 1. The Hall–Kier alpha value is -2.99. The van der Waals surface area contributed by atoms with Crippen molar-refractivity contribution in [2.75, 3.05) is 26.2 Å². The smallest absolute Gasteiger partial charge is 0.295 e. The van der Waals surface area contributed by atoms with Crippen LogP contribution in [0.25, 0.3) is 5.76 Å². The van der Waals surface area contributed by atoms with E-state index >= 15 is 0 Å². The zero-order valence-corrected chi connectivity index (χ0v) is 20.1. The lowest BCUT2D eigenvalue weighted by Gasteiger charge is -2.28. The highest BCUT2D eigenvalue weighted by Crippen LogP contribution is 2.39. The van der Waals surface area contributed by atoms with Crippen LogP contribution in [0, 0.1) is 5.82 Å². The van der Waals surface area contributed by atoms with Crippen LogP contribution >= 0.6 is 0 Å². The molecule has 6 heteroatoms. The van der Waals surface area contributed by atoms with Crippen LogP contribution in [0.5, 0.6) is 0 Å². The van der Waals surface area contributed by atoms with E-state index in [1.165, 1.54) is 24.3 Å². The van der Waals surface area contributed by atoms with Gasteiger partial charge in [-0.2, -0.15) is 0 Å². The largest absolute Gasteiger partial charge is 0.507 e. The van der Waals surface area contributed by atoms with Gasteiger partial charge in [-0.25, -0.2) is 4.39 Å². The minimum Gasteiger partial charge on any atom is -0.507 e. The summed E-state index contributed by atoms with van der Waals surface area (Å²) in [6.07, 6.45) is 0. The molecule has 0 aromatic heterocycles. The minimum atomic E-state index is -0.721. The van der Waals surface area contributed by atoms with Crippen LogP contribution in [0.2, 0.25) is 0 Å². The average Bonchev–Trinajstić information content (AvgIpc) is 3.04. The Morgan fingerprint density at radius 2 is 1.58 bits per heavy atom. The number of aliphatic hydroxyl groups is 1. The Bertz CT molecular complexity index is 1030. The molecular weight excluding hydrogens is 419 g/mol. The number of carbonyl (C=O) groups is 2. The van der Waals surface area contributed by atoms with Crippen molar-refractivity contribution in [2.24, 2.45) is 0 Å². The monoisotopic (exact) mass is 452 g/mol. The first kappa shape index (κ1) is 24.6. The molecule has 2 aromatic rings. The maximum Gasteiger partial charge on any atom is 0.295 e. The molecule has 1 aliphatic heterocycles. The highest BCUT2D eigenvalue weighted by molar-refractivity contribution is 6.46.